The van der Waals surface area contributed by atoms with Gasteiger partial charge in [0.15, 0.2) is 5.82 Å². The van der Waals surface area contributed by atoms with Crippen LogP contribution in [0.15, 0.2) is 22.7 Å². The Hall–Kier alpha value is -1.88. The summed E-state index contributed by atoms with van der Waals surface area (Å²) in [6.07, 6.45) is 0. The van der Waals surface area contributed by atoms with E-state index >= 15 is 0 Å². The van der Waals surface area contributed by atoms with E-state index in [1.807, 2.05) is 39.0 Å². The topological polar surface area (TPSA) is 74.2 Å². The first-order valence-electron chi connectivity index (χ1n) is 6.27. The molecule has 1 heterocycles. The van der Waals surface area contributed by atoms with Crippen molar-refractivity contribution in [3.05, 3.63) is 29.6 Å². The zero-order valence-corrected chi connectivity index (χ0v) is 11.7. The average molecular weight is 261 g/mol. The largest absolute Gasteiger partial charge is 0.496 e. The molecule has 102 valence electrons. The number of hydrogen-bond donors (Lipinski definition) is 1. The highest BCUT2D eigenvalue weighted by atomic mass is 16.5. The Kier molecular flexibility index (Phi) is 3.85. The molecule has 1 aromatic carbocycles. The molecule has 5 nitrogen and oxygen atoms in total. The van der Waals surface area contributed by atoms with Crippen molar-refractivity contribution in [3.8, 4) is 17.2 Å². The zero-order chi connectivity index (χ0) is 14.0. The standard InChI is InChI=1S/C14H19N3O2/c1-8(2)12(15)13-16-14(19-17-13)10-6-5-9(3)11(7-10)18-4/h5-8,12H,15H2,1-4H3. The number of benzene rings is 1. The molecule has 0 spiro atoms. The SMILES string of the molecule is COc1cc(-c2nc(C(N)C(C)C)no2)ccc1C. The van der Waals surface area contributed by atoms with Crippen LogP contribution in [0.2, 0.25) is 0 Å². The Morgan fingerprint density at radius 2 is 2.05 bits per heavy atom. The summed E-state index contributed by atoms with van der Waals surface area (Å²) in [6, 6.07) is 5.55. The van der Waals surface area contributed by atoms with Gasteiger partial charge in [0.05, 0.1) is 13.2 Å². The predicted molar refractivity (Wildman–Crippen MR) is 72.8 cm³/mol. The van der Waals surface area contributed by atoms with Crippen LogP contribution in [-0.2, 0) is 0 Å². The molecule has 0 saturated carbocycles. The second-order valence-corrected chi connectivity index (χ2v) is 4.91. The molecule has 1 aromatic heterocycles. The van der Waals surface area contributed by atoms with Crippen LogP contribution >= 0.6 is 0 Å². The van der Waals surface area contributed by atoms with Crippen molar-refractivity contribution in [3.63, 3.8) is 0 Å². The summed E-state index contributed by atoms with van der Waals surface area (Å²) < 4.78 is 10.5. The number of nitrogens with two attached hydrogens (primary N) is 1. The Morgan fingerprint density at radius 1 is 1.32 bits per heavy atom. The molecule has 0 radical (unpaired) electrons. The van der Waals surface area contributed by atoms with Gasteiger partial charge in [-0.25, -0.2) is 0 Å². The first-order valence-corrected chi connectivity index (χ1v) is 6.27. The first kappa shape index (κ1) is 13.5. The van der Waals surface area contributed by atoms with Gasteiger partial charge in [-0.15, -0.1) is 0 Å². The van der Waals surface area contributed by atoms with Gasteiger partial charge in [-0.05, 0) is 30.5 Å². The third kappa shape index (κ3) is 2.76. The predicted octanol–water partition coefficient (Wildman–Crippen LogP) is 2.71. The van der Waals surface area contributed by atoms with Gasteiger partial charge >= 0.3 is 0 Å². The summed E-state index contributed by atoms with van der Waals surface area (Å²) in [5, 5.41) is 3.94. The van der Waals surface area contributed by atoms with Gasteiger partial charge in [-0.3, -0.25) is 0 Å². The number of rotatable bonds is 4. The van der Waals surface area contributed by atoms with Crippen molar-refractivity contribution in [2.75, 3.05) is 7.11 Å². The summed E-state index contributed by atoms with van der Waals surface area (Å²) in [5.74, 6) is 2.05. The maximum Gasteiger partial charge on any atom is 0.258 e. The van der Waals surface area contributed by atoms with Crippen molar-refractivity contribution in [1.29, 1.82) is 0 Å². The fourth-order valence-corrected chi connectivity index (χ4v) is 1.74. The molecular formula is C14H19N3O2. The van der Waals surface area contributed by atoms with Gasteiger partial charge in [0.1, 0.15) is 5.75 Å². The molecule has 0 bridgehead atoms. The smallest absolute Gasteiger partial charge is 0.258 e. The summed E-state index contributed by atoms with van der Waals surface area (Å²) in [5.41, 5.74) is 7.89. The molecule has 1 unspecified atom stereocenters. The number of ether oxygens (including phenoxy) is 1. The van der Waals surface area contributed by atoms with Crippen LogP contribution in [0.1, 0.15) is 31.3 Å². The fraction of sp³-hybridized carbons (Fsp3) is 0.429. The van der Waals surface area contributed by atoms with Gasteiger partial charge in [0, 0.05) is 5.56 Å². The Labute approximate surface area is 112 Å². The van der Waals surface area contributed by atoms with E-state index in [1.165, 1.54) is 0 Å². The highest BCUT2D eigenvalue weighted by Gasteiger charge is 2.18. The molecule has 0 amide bonds. The molecule has 19 heavy (non-hydrogen) atoms. The van der Waals surface area contributed by atoms with E-state index in [-0.39, 0.29) is 12.0 Å². The lowest BCUT2D eigenvalue weighted by Gasteiger charge is -2.09. The Bertz CT molecular complexity index is 564. The molecule has 1 atom stereocenters. The average Bonchev–Trinajstić information content (AvgIpc) is 2.87. The van der Waals surface area contributed by atoms with E-state index in [0.29, 0.717) is 11.7 Å². The van der Waals surface area contributed by atoms with Crippen LogP contribution < -0.4 is 10.5 Å². The van der Waals surface area contributed by atoms with Crippen LogP contribution in [0.3, 0.4) is 0 Å². The molecule has 0 aliphatic rings. The minimum atomic E-state index is -0.218. The minimum absolute atomic E-state index is 0.218. The molecule has 5 heteroatoms. The number of hydrogen-bond acceptors (Lipinski definition) is 5. The number of aryl methyl sites for hydroxylation is 1. The highest BCUT2D eigenvalue weighted by Crippen LogP contribution is 2.27. The summed E-state index contributed by atoms with van der Waals surface area (Å²) in [6.45, 7) is 6.03. The highest BCUT2D eigenvalue weighted by molar-refractivity contribution is 5.57. The summed E-state index contributed by atoms with van der Waals surface area (Å²) in [4.78, 5) is 4.35. The van der Waals surface area contributed by atoms with E-state index < -0.39 is 0 Å². The molecule has 0 aliphatic heterocycles. The second-order valence-electron chi connectivity index (χ2n) is 4.91. The maximum absolute atomic E-state index is 6.00. The lowest BCUT2D eigenvalue weighted by molar-refractivity contribution is 0.398. The lowest BCUT2D eigenvalue weighted by atomic mass is 10.1. The maximum atomic E-state index is 6.00. The van der Waals surface area contributed by atoms with Crippen molar-refractivity contribution < 1.29 is 9.26 Å². The van der Waals surface area contributed by atoms with Crippen LogP contribution in [0, 0.1) is 12.8 Å². The Balaban J connectivity index is 2.32. The van der Waals surface area contributed by atoms with Crippen molar-refractivity contribution in [2.45, 2.75) is 26.8 Å². The normalized spacial score (nSPS) is 12.7. The van der Waals surface area contributed by atoms with E-state index in [0.717, 1.165) is 16.9 Å². The van der Waals surface area contributed by atoms with Crippen molar-refractivity contribution >= 4 is 0 Å². The number of aromatic nitrogens is 2. The quantitative estimate of drug-likeness (QED) is 0.915. The summed E-state index contributed by atoms with van der Waals surface area (Å²) >= 11 is 0. The minimum Gasteiger partial charge on any atom is -0.496 e. The number of nitrogens with zero attached hydrogens (tertiary/aromatic N) is 2. The molecule has 2 aromatic rings. The third-order valence-corrected chi connectivity index (χ3v) is 3.11. The Morgan fingerprint density at radius 3 is 2.68 bits per heavy atom. The number of methoxy groups -OCH3 is 1. The molecule has 0 saturated heterocycles. The van der Waals surface area contributed by atoms with Crippen LogP contribution in [0.25, 0.3) is 11.5 Å². The van der Waals surface area contributed by atoms with E-state index in [4.69, 9.17) is 15.0 Å². The van der Waals surface area contributed by atoms with Gasteiger partial charge in [0.2, 0.25) is 0 Å². The molecule has 2 rings (SSSR count). The first-order chi connectivity index (χ1) is 9.02. The zero-order valence-electron chi connectivity index (χ0n) is 11.7. The molecular weight excluding hydrogens is 242 g/mol. The van der Waals surface area contributed by atoms with Crippen LogP contribution in [0.4, 0.5) is 0 Å². The van der Waals surface area contributed by atoms with Crippen LogP contribution in [0.5, 0.6) is 5.75 Å². The van der Waals surface area contributed by atoms with E-state index in [2.05, 4.69) is 10.1 Å². The fourth-order valence-electron chi connectivity index (χ4n) is 1.74. The summed E-state index contributed by atoms with van der Waals surface area (Å²) in [7, 11) is 1.64. The van der Waals surface area contributed by atoms with Gasteiger partial charge in [-0.1, -0.05) is 25.1 Å². The molecule has 0 aliphatic carbocycles. The van der Waals surface area contributed by atoms with E-state index in [9.17, 15) is 0 Å². The molecule has 0 fully saturated rings. The lowest BCUT2D eigenvalue weighted by Crippen LogP contribution is -2.18. The van der Waals surface area contributed by atoms with Crippen molar-refractivity contribution in [2.24, 2.45) is 11.7 Å². The third-order valence-electron chi connectivity index (χ3n) is 3.11. The molecule has 2 N–H and O–H groups in total. The van der Waals surface area contributed by atoms with Crippen LogP contribution in [-0.4, -0.2) is 17.3 Å². The van der Waals surface area contributed by atoms with Gasteiger partial charge in [-0.2, -0.15) is 4.98 Å². The van der Waals surface area contributed by atoms with Gasteiger partial charge in [0.25, 0.3) is 5.89 Å². The van der Waals surface area contributed by atoms with Crippen molar-refractivity contribution in [1.82, 2.24) is 10.1 Å². The van der Waals surface area contributed by atoms with E-state index in [1.54, 1.807) is 7.11 Å². The van der Waals surface area contributed by atoms with Gasteiger partial charge < -0.3 is 15.0 Å². The monoisotopic (exact) mass is 261 g/mol. The second kappa shape index (κ2) is 5.40.